The monoisotopic (exact) mass is 292 g/mol. The first-order chi connectivity index (χ1) is 9.77. The van der Waals surface area contributed by atoms with E-state index in [1.807, 2.05) is 0 Å². The van der Waals surface area contributed by atoms with Crippen molar-refractivity contribution in [1.82, 2.24) is 4.90 Å². The fourth-order valence-corrected chi connectivity index (χ4v) is 4.70. The summed E-state index contributed by atoms with van der Waals surface area (Å²) in [6.45, 7) is 1.42. The molecule has 0 aromatic carbocycles. The Morgan fingerprint density at radius 2 is 2.15 bits per heavy atom. The maximum atomic E-state index is 13.1. The van der Waals surface area contributed by atoms with Gasteiger partial charge in [0.25, 0.3) is 0 Å². The minimum Gasteiger partial charge on any atom is -0.334 e. The Kier molecular flexibility index (Phi) is 4.13. The molecule has 2 aliphatic rings. The fraction of sp³-hybridized carbons (Fsp3) is 0.688. The largest absolute Gasteiger partial charge is 0.334 e. The first kappa shape index (κ1) is 14.1. The van der Waals surface area contributed by atoms with Gasteiger partial charge in [0, 0.05) is 18.0 Å². The van der Waals surface area contributed by atoms with Crippen LogP contribution < -0.4 is 5.73 Å². The van der Waals surface area contributed by atoms with E-state index in [4.69, 9.17) is 5.73 Å². The van der Waals surface area contributed by atoms with Gasteiger partial charge in [-0.15, -0.1) is 11.3 Å². The molecular weight excluding hydrogens is 268 g/mol. The molecule has 1 amide bonds. The van der Waals surface area contributed by atoms with Crippen molar-refractivity contribution in [2.45, 2.75) is 51.0 Å². The summed E-state index contributed by atoms with van der Waals surface area (Å²) in [7, 11) is 0. The summed E-state index contributed by atoms with van der Waals surface area (Å²) in [5, 5.41) is 2.11. The molecule has 1 saturated carbocycles. The van der Waals surface area contributed by atoms with Crippen LogP contribution in [0.15, 0.2) is 17.5 Å². The quantitative estimate of drug-likeness (QED) is 0.929. The molecular formula is C16H24N2OS. The van der Waals surface area contributed by atoms with E-state index < -0.39 is 0 Å². The Balaban J connectivity index is 1.81. The van der Waals surface area contributed by atoms with Crippen molar-refractivity contribution in [3.63, 3.8) is 0 Å². The van der Waals surface area contributed by atoms with Crippen LogP contribution in [0, 0.1) is 5.41 Å². The van der Waals surface area contributed by atoms with Gasteiger partial charge in [0.1, 0.15) is 0 Å². The molecule has 1 saturated heterocycles. The summed E-state index contributed by atoms with van der Waals surface area (Å²) in [6, 6.07) is 4.55. The molecule has 1 unspecified atom stereocenters. The number of hydrogen-bond acceptors (Lipinski definition) is 3. The summed E-state index contributed by atoms with van der Waals surface area (Å²) in [6.07, 6.45) is 7.75. The van der Waals surface area contributed by atoms with Crippen molar-refractivity contribution >= 4 is 17.2 Å². The number of likely N-dealkylation sites (tertiary alicyclic amines) is 1. The molecule has 0 radical (unpaired) electrons. The highest BCUT2D eigenvalue weighted by atomic mass is 32.1. The molecule has 3 nitrogen and oxygen atoms in total. The zero-order chi connectivity index (χ0) is 14.0. The predicted octanol–water partition coefficient (Wildman–Crippen LogP) is 3.32. The average molecular weight is 292 g/mol. The van der Waals surface area contributed by atoms with E-state index in [9.17, 15) is 4.79 Å². The van der Waals surface area contributed by atoms with Gasteiger partial charge in [-0.05, 0) is 37.1 Å². The molecule has 0 spiro atoms. The van der Waals surface area contributed by atoms with Crippen LogP contribution >= 0.6 is 11.3 Å². The molecule has 2 heterocycles. The van der Waals surface area contributed by atoms with Gasteiger partial charge >= 0.3 is 0 Å². The smallest absolute Gasteiger partial charge is 0.230 e. The number of amides is 1. The van der Waals surface area contributed by atoms with Crippen molar-refractivity contribution in [1.29, 1.82) is 0 Å². The summed E-state index contributed by atoms with van der Waals surface area (Å²) in [5.74, 6) is 0.329. The molecule has 1 aliphatic carbocycles. The van der Waals surface area contributed by atoms with E-state index in [0.29, 0.717) is 18.5 Å². The minimum absolute atomic E-state index is 0.266. The van der Waals surface area contributed by atoms with E-state index in [1.165, 1.54) is 11.3 Å². The SMILES string of the molecule is NCC1(C(=O)N2CCCC2c2cccs2)CCCCC1. The number of nitrogens with two attached hydrogens (primary N) is 1. The normalized spacial score (nSPS) is 25.9. The number of thiophene rings is 1. The molecule has 0 bridgehead atoms. The molecule has 4 heteroatoms. The van der Waals surface area contributed by atoms with Gasteiger partial charge < -0.3 is 10.6 Å². The zero-order valence-electron chi connectivity index (χ0n) is 12.0. The predicted molar refractivity (Wildman–Crippen MR) is 82.6 cm³/mol. The molecule has 3 rings (SSSR count). The average Bonchev–Trinajstić information content (AvgIpc) is 3.17. The second-order valence-electron chi connectivity index (χ2n) is 6.22. The third-order valence-corrected chi connectivity index (χ3v) is 6.01. The van der Waals surface area contributed by atoms with Crippen molar-refractivity contribution in [2.75, 3.05) is 13.1 Å². The van der Waals surface area contributed by atoms with Gasteiger partial charge in [-0.2, -0.15) is 0 Å². The molecule has 110 valence electrons. The number of carbonyl (C=O) groups excluding carboxylic acids is 1. The third kappa shape index (κ3) is 2.40. The van der Waals surface area contributed by atoms with Gasteiger partial charge in [-0.3, -0.25) is 4.79 Å². The van der Waals surface area contributed by atoms with Gasteiger partial charge in [0.2, 0.25) is 5.91 Å². The second-order valence-corrected chi connectivity index (χ2v) is 7.20. The van der Waals surface area contributed by atoms with Crippen LogP contribution in [0.4, 0.5) is 0 Å². The highest BCUT2D eigenvalue weighted by Gasteiger charge is 2.44. The first-order valence-corrected chi connectivity index (χ1v) is 8.69. The Bertz CT molecular complexity index is 451. The topological polar surface area (TPSA) is 46.3 Å². The van der Waals surface area contributed by atoms with Crippen LogP contribution in [-0.2, 0) is 4.79 Å². The van der Waals surface area contributed by atoms with Crippen LogP contribution in [0.3, 0.4) is 0 Å². The van der Waals surface area contributed by atoms with Crippen LogP contribution in [0.5, 0.6) is 0 Å². The lowest BCUT2D eigenvalue weighted by molar-refractivity contribution is -0.144. The Labute approximate surface area is 125 Å². The van der Waals surface area contributed by atoms with E-state index in [2.05, 4.69) is 22.4 Å². The highest BCUT2D eigenvalue weighted by Crippen LogP contribution is 2.42. The van der Waals surface area contributed by atoms with Crippen molar-refractivity contribution in [3.8, 4) is 0 Å². The molecule has 1 aromatic heterocycles. The molecule has 2 fully saturated rings. The van der Waals surface area contributed by atoms with Crippen LogP contribution in [0.25, 0.3) is 0 Å². The number of rotatable bonds is 3. The van der Waals surface area contributed by atoms with E-state index in [-0.39, 0.29) is 5.41 Å². The highest BCUT2D eigenvalue weighted by molar-refractivity contribution is 7.10. The molecule has 1 aromatic rings. The summed E-state index contributed by atoms with van der Waals surface area (Å²) < 4.78 is 0. The fourth-order valence-electron chi connectivity index (χ4n) is 3.82. The lowest BCUT2D eigenvalue weighted by atomic mass is 9.73. The number of carbonyl (C=O) groups is 1. The summed E-state index contributed by atoms with van der Waals surface area (Å²) >= 11 is 1.77. The Morgan fingerprint density at radius 3 is 2.80 bits per heavy atom. The number of hydrogen-bond donors (Lipinski definition) is 1. The van der Waals surface area contributed by atoms with Crippen molar-refractivity contribution in [3.05, 3.63) is 22.4 Å². The minimum atomic E-state index is -0.266. The Morgan fingerprint density at radius 1 is 1.35 bits per heavy atom. The molecule has 1 aliphatic heterocycles. The molecule has 1 atom stereocenters. The second kappa shape index (κ2) is 5.86. The third-order valence-electron chi connectivity index (χ3n) is 5.04. The van der Waals surface area contributed by atoms with E-state index in [0.717, 1.165) is 45.1 Å². The lowest BCUT2D eigenvalue weighted by Gasteiger charge is -2.39. The zero-order valence-corrected chi connectivity index (χ0v) is 12.8. The summed E-state index contributed by atoms with van der Waals surface area (Å²) in [5.41, 5.74) is 5.76. The van der Waals surface area contributed by atoms with Crippen molar-refractivity contribution in [2.24, 2.45) is 11.1 Å². The van der Waals surface area contributed by atoms with Crippen molar-refractivity contribution < 1.29 is 4.79 Å². The van der Waals surface area contributed by atoms with Crippen LogP contribution in [0.2, 0.25) is 0 Å². The van der Waals surface area contributed by atoms with Gasteiger partial charge in [0.05, 0.1) is 11.5 Å². The van der Waals surface area contributed by atoms with Crippen LogP contribution in [-0.4, -0.2) is 23.9 Å². The summed E-state index contributed by atoms with van der Waals surface area (Å²) in [4.78, 5) is 16.6. The van der Waals surface area contributed by atoms with Gasteiger partial charge in [0.15, 0.2) is 0 Å². The molecule has 20 heavy (non-hydrogen) atoms. The van der Waals surface area contributed by atoms with Gasteiger partial charge in [-0.25, -0.2) is 0 Å². The first-order valence-electron chi connectivity index (χ1n) is 7.81. The number of nitrogens with zero attached hydrogens (tertiary/aromatic N) is 1. The standard InChI is InChI=1S/C16H24N2OS/c17-12-16(8-2-1-3-9-16)15(19)18-10-4-6-13(18)14-7-5-11-20-14/h5,7,11,13H,1-4,6,8-10,12,17H2. The maximum Gasteiger partial charge on any atom is 0.230 e. The van der Waals surface area contributed by atoms with Crippen LogP contribution in [0.1, 0.15) is 55.9 Å². The molecule has 2 N–H and O–H groups in total. The van der Waals surface area contributed by atoms with E-state index in [1.54, 1.807) is 11.3 Å². The van der Waals surface area contributed by atoms with E-state index >= 15 is 0 Å². The van der Waals surface area contributed by atoms with Gasteiger partial charge in [-0.1, -0.05) is 25.3 Å². The Hall–Kier alpha value is -0.870. The lowest BCUT2D eigenvalue weighted by Crippen LogP contribution is -2.48. The maximum absolute atomic E-state index is 13.1.